The Bertz CT molecular complexity index is 772. The van der Waals surface area contributed by atoms with Crippen LogP contribution in [0.3, 0.4) is 0 Å². The van der Waals surface area contributed by atoms with Gasteiger partial charge in [0.1, 0.15) is 11.6 Å². The quantitative estimate of drug-likeness (QED) is 0.893. The van der Waals surface area contributed by atoms with E-state index in [2.05, 4.69) is 21.0 Å². The van der Waals surface area contributed by atoms with Crippen LogP contribution in [0, 0.1) is 18.3 Å². The summed E-state index contributed by atoms with van der Waals surface area (Å²) in [4.78, 5) is 0. The van der Waals surface area contributed by atoms with Crippen molar-refractivity contribution in [3.05, 3.63) is 40.0 Å². The molecule has 2 N–H and O–H groups in total. The van der Waals surface area contributed by atoms with Crippen molar-refractivity contribution in [1.29, 1.82) is 5.26 Å². The molecular weight excluding hydrogens is 332 g/mol. The number of rotatable bonds is 2. The molecular formula is C11H9BrN4O2S. The minimum Gasteiger partial charge on any atom is -0.223 e. The van der Waals surface area contributed by atoms with Crippen LogP contribution in [-0.2, 0) is 10.0 Å². The van der Waals surface area contributed by atoms with Gasteiger partial charge in [-0.05, 0) is 31.2 Å². The van der Waals surface area contributed by atoms with Gasteiger partial charge < -0.3 is 0 Å². The maximum absolute atomic E-state index is 11.6. The number of nitrogens with two attached hydrogens (primary N) is 1. The Kier molecular flexibility index (Phi) is 3.45. The van der Waals surface area contributed by atoms with Gasteiger partial charge in [-0.3, -0.25) is 0 Å². The van der Waals surface area contributed by atoms with Gasteiger partial charge in [0.15, 0.2) is 5.03 Å². The van der Waals surface area contributed by atoms with Crippen LogP contribution in [0.5, 0.6) is 0 Å². The summed E-state index contributed by atoms with van der Waals surface area (Å²) in [7, 11) is -4.05. The summed E-state index contributed by atoms with van der Waals surface area (Å²) in [5.41, 5.74) is 0.789. The summed E-state index contributed by atoms with van der Waals surface area (Å²) >= 11 is 3.28. The van der Waals surface area contributed by atoms with Crippen LogP contribution >= 0.6 is 15.9 Å². The minimum atomic E-state index is -4.05. The number of aromatic nitrogens is 2. The van der Waals surface area contributed by atoms with Gasteiger partial charge in [0, 0.05) is 4.47 Å². The van der Waals surface area contributed by atoms with Gasteiger partial charge in [-0.1, -0.05) is 15.9 Å². The molecule has 0 aliphatic heterocycles. The number of benzene rings is 1. The second kappa shape index (κ2) is 4.77. The Morgan fingerprint density at radius 1 is 1.37 bits per heavy atom. The molecule has 0 fully saturated rings. The lowest BCUT2D eigenvalue weighted by Gasteiger charge is -2.05. The highest BCUT2D eigenvalue weighted by Gasteiger charge is 2.25. The molecule has 0 saturated carbocycles. The number of hydrogen-bond donors (Lipinski definition) is 1. The average molecular weight is 341 g/mol. The van der Waals surface area contributed by atoms with Crippen LogP contribution in [0.2, 0.25) is 0 Å². The molecule has 2 aromatic rings. The lowest BCUT2D eigenvalue weighted by atomic mass is 10.3. The van der Waals surface area contributed by atoms with E-state index in [0.29, 0.717) is 11.4 Å². The van der Waals surface area contributed by atoms with Crippen LogP contribution in [0.15, 0.2) is 33.8 Å². The van der Waals surface area contributed by atoms with Crippen molar-refractivity contribution in [1.82, 2.24) is 9.78 Å². The summed E-state index contributed by atoms with van der Waals surface area (Å²) in [6.45, 7) is 1.56. The highest BCUT2D eigenvalue weighted by atomic mass is 79.9. The Morgan fingerprint density at radius 3 is 2.42 bits per heavy atom. The van der Waals surface area contributed by atoms with Crippen LogP contribution in [0.25, 0.3) is 5.69 Å². The van der Waals surface area contributed by atoms with Gasteiger partial charge >= 0.3 is 0 Å². The highest BCUT2D eigenvalue weighted by Crippen LogP contribution is 2.22. The fraction of sp³-hybridized carbons (Fsp3) is 0.0909. The van der Waals surface area contributed by atoms with E-state index in [1.807, 2.05) is 6.07 Å². The Hall–Kier alpha value is -1.69. The largest absolute Gasteiger partial charge is 0.257 e. The first-order valence-corrected chi connectivity index (χ1v) is 7.47. The van der Waals surface area contributed by atoms with E-state index in [1.165, 1.54) is 0 Å². The topological polar surface area (TPSA) is 102 Å². The summed E-state index contributed by atoms with van der Waals surface area (Å²) in [6.07, 6.45) is 0. The second-order valence-electron chi connectivity index (χ2n) is 3.81. The summed E-state index contributed by atoms with van der Waals surface area (Å²) in [5, 5.41) is 18.0. The average Bonchev–Trinajstić information content (AvgIpc) is 2.66. The molecule has 8 heteroatoms. The van der Waals surface area contributed by atoms with E-state index in [-0.39, 0.29) is 10.6 Å². The van der Waals surface area contributed by atoms with Crippen molar-refractivity contribution in [2.75, 3.05) is 0 Å². The van der Waals surface area contributed by atoms with Crippen LogP contribution in [0.1, 0.15) is 11.3 Å². The molecule has 1 aromatic heterocycles. The SMILES string of the molecule is Cc1nn(-c2ccc(Br)cc2)c(S(N)(=O)=O)c1C#N. The number of primary sulfonamides is 1. The molecule has 0 spiro atoms. The first-order valence-electron chi connectivity index (χ1n) is 5.13. The molecule has 6 nitrogen and oxygen atoms in total. The standard InChI is InChI=1S/C11H9BrN4O2S/c1-7-10(6-13)11(19(14,17)18)16(15-7)9-4-2-8(12)3-5-9/h2-5H,1H3,(H2,14,17,18). The third-order valence-electron chi connectivity index (χ3n) is 2.47. The van der Waals surface area contributed by atoms with Crippen LogP contribution in [0.4, 0.5) is 0 Å². The zero-order valence-electron chi connectivity index (χ0n) is 9.83. The fourth-order valence-corrected chi connectivity index (χ4v) is 2.78. The Labute approximate surface area is 118 Å². The molecule has 0 unspecified atom stereocenters. The number of nitrogens with zero attached hydrogens (tertiary/aromatic N) is 3. The molecule has 0 aliphatic carbocycles. The van der Waals surface area contributed by atoms with E-state index in [0.717, 1.165) is 9.15 Å². The zero-order chi connectivity index (χ0) is 14.2. The summed E-state index contributed by atoms with van der Waals surface area (Å²) in [6, 6.07) is 8.65. The number of hydrogen-bond acceptors (Lipinski definition) is 4. The lowest BCUT2D eigenvalue weighted by Crippen LogP contribution is -2.18. The summed E-state index contributed by atoms with van der Waals surface area (Å²) < 4.78 is 25.3. The molecule has 0 atom stereocenters. The van der Waals surface area contributed by atoms with Gasteiger partial charge in [-0.15, -0.1) is 0 Å². The van der Waals surface area contributed by atoms with Crippen molar-refractivity contribution < 1.29 is 8.42 Å². The molecule has 0 amide bonds. The van der Waals surface area contributed by atoms with Gasteiger partial charge in [0.2, 0.25) is 0 Å². The lowest BCUT2D eigenvalue weighted by molar-refractivity contribution is 0.587. The predicted octanol–water partition coefficient (Wildman–Crippen LogP) is 1.46. The van der Waals surface area contributed by atoms with E-state index in [1.54, 1.807) is 31.2 Å². The zero-order valence-corrected chi connectivity index (χ0v) is 12.2. The van der Waals surface area contributed by atoms with Gasteiger partial charge in [-0.2, -0.15) is 10.4 Å². The number of nitriles is 1. The maximum Gasteiger partial charge on any atom is 0.257 e. The number of aryl methyl sites for hydroxylation is 1. The molecule has 0 aliphatic rings. The van der Waals surface area contributed by atoms with Crippen molar-refractivity contribution in [3.8, 4) is 11.8 Å². The Morgan fingerprint density at radius 2 is 1.95 bits per heavy atom. The van der Waals surface area contributed by atoms with E-state index >= 15 is 0 Å². The molecule has 0 saturated heterocycles. The minimum absolute atomic E-state index is 0.0366. The molecule has 2 rings (SSSR count). The van der Waals surface area contributed by atoms with Crippen LogP contribution < -0.4 is 5.14 Å². The van der Waals surface area contributed by atoms with Gasteiger partial charge in [0.05, 0.1) is 11.4 Å². The number of halogens is 1. The van der Waals surface area contributed by atoms with Crippen molar-refractivity contribution in [2.45, 2.75) is 11.9 Å². The molecule has 19 heavy (non-hydrogen) atoms. The van der Waals surface area contributed by atoms with E-state index in [4.69, 9.17) is 10.4 Å². The Balaban J connectivity index is 2.79. The van der Waals surface area contributed by atoms with E-state index in [9.17, 15) is 8.42 Å². The van der Waals surface area contributed by atoms with Crippen LogP contribution in [-0.4, -0.2) is 18.2 Å². The normalized spacial score (nSPS) is 11.3. The third-order valence-corrected chi connectivity index (χ3v) is 3.92. The van der Waals surface area contributed by atoms with Crippen molar-refractivity contribution in [2.24, 2.45) is 5.14 Å². The van der Waals surface area contributed by atoms with E-state index < -0.39 is 10.0 Å². The highest BCUT2D eigenvalue weighted by molar-refractivity contribution is 9.10. The fourth-order valence-electron chi connectivity index (χ4n) is 1.65. The second-order valence-corrected chi connectivity index (χ2v) is 6.20. The first kappa shape index (κ1) is 13.7. The molecule has 1 heterocycles. The van der Waals surface area contributed by atoms with Gasteiger partial charge in [-0.25, -0.2) is 18.2 Å². The van der Waals surface area contributed by atoms with Gasteiger partial charge in [0.25, 0.3) is 10.0 Å². The molecule has 98 valence electrons. The third kappa shape index (κ3) is 2.53. The molecule has 1 aromatic carbocycles. The smallest absolute Gasteiger partial charge is 0.223 e. The monoisotopic (exact) mass is 340 g/mol. The van der Waals surface area contributed by atoms with Crippen molar-refractivity contribution >= 4 is 26.0 Å². The summed E-state index contributed by atoms with van der Waals surface area (Å²) in [5.74, 6) is 0. The molecule has 0 bridgehead atoms. The molecule has 0 radical (unpaired) electrons. The maximum atomic E-state index is 11.6. The first-order chi connectivity index (χ1) is 8.84. The van der Waals surface area contributed by atoms with Crippen molar-refractivity contribution in [3.63, 3.8) is 0 Å². The number of sulfonamides is 1. The predicted molar refractivity (Wildman–Crippen MR) is 72.1 cm³/mol.